The number of benzene rings is 16. The van der Waals surface area contributed by atoms with E-state index in [2.05, 4.69) is 468 Å². The number of anilines is 7. The lowest BCUT2D eigenvalue weighted by Crippen LogP contribution is -2.29. The highest BCUT2D eigenvalue weighted by Crippen LogP contribution is 2.52. The van der Waals surface area contributed by atoms with E-state index in [0.717, 1.165) is 58.1 Å². The molecule has 1 aromatic heterocycles. The van der Waals surface area contributed by atoms with Gasteiger partial charge in [0.2, 0.25) is 0 Å². The molecule has 17 aromatic rings. The Morgan fingerprint density at radius 1 is 0.281 bits per heavy atom. The predicted octanol–water partition coefficient (Wildman–Crippen LogP) is 29.7. The van der Waals surface area contributed by atoms with Crippen LogP contribution in [-0.4, -0.2) is 10.6 Å². The third kappa shape index (κ3) is 13.6. The summed E-state index contributed by atoms with van der Waals surface area (Å²) in [5.74, 6) is 0.132. The van der Waals surface area contributed by atoms with Crippen LogP contribution < -0.4 is 14.7 Å². The van der Waals surface area contributed by atoms with Gasteiger partial charge < -0.3 is 19.3 Å². The van der Waals surface area contributed by atoms with Gasteiger partial charge in [0.15, 0.2) is 0 Å². The molecule has 16 aromatic carbocycles. The van der Waals surface area contributed by atoms with Crippen LogP contribution in [-0.2, 0) is 0 Å². The lowest BCUT2D eigenvalue weighted by atomic mass is 9.85. The van der Waals surface area contributed by atoms with E-state index >= 15 is 0 Å². The smallest absolute Gasteiger partial charge is 0.0630 e. The van der Waals surface area contributed by atoms with Crippen molar-refractivity contribution in [2.45, 2.75) is 24.8 Å². The number of hydrogen-bond acceptors (Lipinski definition) is 3. The summed E-state index contributed by atoms with van der Waals surface area (Å²) in [6.45, 7) is 0. The summed E-state index contributed by atoms with van der Waals surface area (Å²) in [5.41, 5.74) is 35.8. The van der Waals surface area contributed by atoms with Crippen molar-refractivity contribution in [3.05, 3.63) is 465 Å². The van der Waals surface area contributed by atoms with Gasteiger partial charge in [-0.2, -0.15) is 0 Å². The van der Waals surface area contributed by atoms with Gasteiger partial charge in [0.1, 0.15) is 0 Å². The molecule has 0 bridgehead atoms. The predicted molar refractivity (Wildman–Crippen MR) is 483 cm³/mol. The lowest BCUT2D eigenvalue weighted by molar-refractivity contribution is 0.747. The molecule has 0 radical (unpaired) electrons. The second-order valence-corrected chi connectivity index (χ2v) is 29.9. The zero-order valence-electron chi connectivity index (χ0n) is 63.1. The molecule has 0 amide bonds. The van der Waals surface area contributed by atoms with Crippen LogP contribution in [0.1, 0.15) is 41.0 Å². The molecular formula is C110H80N4. The number of allylic oxidation sites excluding steroid dienone is 6. The average molecular weight is 1460 g/mol. The fraction of sp³-hybridized carbons (Fsp3) is 0.0364. The summed E-state index contributed by atoms with van der Waals surface area (Å²) in [5, 5.41) is 2.48. The SMILES string of the molecule is C1=CC2C(C=C1c1ccc(-c3ccccc3)cc1)c1cc(-c3ccc(-c4ccccc4)cc3)ccc1N2c1ccc(N(c2ccccc2)c2ccc(/C=C/c3ccc(N(C4=CC=C(n5c6ccc(-c7ccc(-c8ccccc8)cc7)cc6c6cc(-c7ccc(-c8ccccc8)cc7)ccc65)CC4)c4ccccc4)cc3)cc2)cc1. The van der Waals surface area contributed by atoms with Crippen LogP contribution in [0.4, 0.5) is 39.8 Å². The molecule has 3 aliphatic rings. The van der Waals surface area contributed by atoms with Gasteiger partial charge in [-0.3, -0.25) is 0 Å². The molecule has 0 saturated heterocycles. The van der Waals surface area contributed by atoms with Crippen LogP contribution in [0, 0.1) is 0 Å². The first-order chi connectivity index (χ1) is 56.5. The van der Waals surface area contributed by atoms with Crippen molar-refractivity contribution in [1.29, 1.82) is 0 Å². The third-order valence-electron chi connectivity index (χ3n) is 23.1. The second-order valence-electron chi connectivity index (χ2n) is 29.9. The molecule has 2 unspecified atom stereocenters. The zero-order chi connectivity index (χ0) is 75.7. The van der Waals surface area contributed by atoms with E-state index < -0.39 is 0 Å². The Bertz CT molecular complexity index is 6350. The summed E-state index contributed by atoms with van der Waals surface area (Å²) in [4.78, 5) is 7.34. The highest BCUT2D eigenvalue weighted by atomic mass is 15.2. The van der Waals surface area contributed by atoms with Gasteiger partial charge in [-0.25, -0.2) is 0 Å². The average Bonchev–Trinajstić information content (AvgIpc) is 1.59. The Kier molecular flexibility index (Phi) is 18.3. The molecule has 2 atom stereocenters. The molecule has 540 valence electrons. The van der Waals surface area contributed by atoms with E-state index in [-0.39, 0.29) is 12.0 Å². The first-order valence-corrected chi connectivity index (χ1v) is 39.6. The van der Waals surface area contributed by atoms with Crippen molar-refractivity contribution < 1.29 is 0 Å². The van der Waals surface area contributed by atoms with Crippen LogP contribution >= 0.6 is 0 Å². The quantitative estimate of drug-likeness (QED) is 0.0796. The molecule has 0 fully saturated rings. The molecule has 0 N–H and O–H groups in total. The highest BCUT2D eigenvalue weighted by Gasteiger charge is 2.39. The van der Waals surface area contributed by atoms with E-state index in [1.807, 2.05) is 0 Å². The lowest BCUT2D eigenvalue weighted by Gasteiger charge is -2.31. The van der Waals surface area contributed by atoms with E-state index in [1.54, 1.807) is 0 Å². The topological polar surface area (TPSA) is 14.7 Å². The molecule has 2 heterocycles. The van der Waals surface area contributed by atoms with Gasteiger partial charge in [-0.1, -0.05) is 328 Å². The Hall–Kier alpha value is -14.6. The van der Waals surface area contributed by atoms with Crippen LogP contribution in [0.2, 0.25) is 0 Å². The number of rotatable bonds is 18. The van der Waals surface area contributed by atoms with Crippen LogP contribution in [0.25, 0.3) is 123 Å². The third-order valence-corrected chi connectivity index (χ3v) is 23.1. The normalized spacial score (nSPS) is 14.3. The Morgan fingerprint density at radius 2 is 0.623 bits per heavy atom. The van der Waals surface area contributed by atoms with Crippen LogP contribution in [0.3, 0.4) is 0 Å². The summed E-state index contributed by atoms with van der Waals surface area (Å²) >= 11 is 0. The second kappa shape index (κ2) is 30.4. The van der Waals surface area contributed by atoms with Crippen LogP contribution in [0.5, 0.6) is 0 Å². The largest absolute Gasteiger partial charge is 0.333 e. The van der Waals surface area contributed by atoms with Crippen molar-refractivity contribution in [2.75, 3.05) is 14.7 Å². The molecule has 20 rings (SSSR count). The van der Waals surface area contributed by atoms with E-state index in [4.69, 9.17) is 0 Å². The van der Waals surface area contributed by atoms with Gasteiger partial charge in [0, 0.05) is 67.9 Å². The number of fused-ring (bicyclic) bond motifs is 6. The van der Waals surface area contributed by atoms with E-state index in [9.17, 15) is 0 Å². The zero-order valence-corrected chi connectivity index (χ0v) is 63.1. The summed E-state index contributed by atoms with van der Waals surface area (Å²) in [6.07, 6.45) is 18.1. The van der Waals surface area contributed by atoms with Gasteiger partial charge in [0.05, 0.1) is 17.1 Å². The van der Waals surface area contributed by atoms with Crippen molar-refractivity contribution in [2.24, 2.45) is 0 Å². The van der Waals surface area contributed by atoms with Gasteiger partial charge in [-0.15, -0.1) is 0 Å². The fourth-order valence-electron chi connectivity index (χ4n) is 17.2. The Balaban J connectivity index is 0.565. The Labute approximate surface area is 667 Å². The van der Waals surface area contributed by atoms with E-state index in [0.29, 0.717) is 0 Å². The molecule has 0 saturated carbocycles. The number of nitrogens with zero attached hydrogens (tertiary/aromatic N) is 4. The number of hydrogen-bond donors (Lipinski definition) is 0. The highest BCUT2D eigenvalue weighted by molar-refractivity contribution is 6.12. The maximum Gasteiger partial charge on any atom is 0.0630 e. The molecule has 4 heteroatoms. The maximum atomic E-state index is 2.55. The van der Waals surface area contributed by atoms with Gasteiger partial charge >= 0.3 is 0 Å². The summed E-state index contributed by atoms with van der Waals surface area (Å²) < 4.78 is 2.51. The van der Waals surface area contributed by atoms with Gasteiger partial charge in [0.25, 0.3) is 0 Å². The summed E-state index contributed by atoms with van der Waals surface area (Å²) in [7, 11) is 0. The minimum Gasteiger partial charge on any atom is -0.333 e. The fourth-order valence-corrected chi connectivity index (χ4v) is 17.2. The first-order valence-electron chi connectivity index (χ1n) is 39.6. The molecule has 114 heavy (non-hydrogen) atoms. The van der Waals surface area contributed by atoms with Crippen LogP contribution in [0.15, 0.2) is 443 Å². The van der Waals surface area contributed by atoms with Gasteiger partial charge in [-0.05, 0) is 240 Å². The number of para-hydroxylation sites is 2. The monoisotopic (exact) mass is 1460 g/mol. The van der Waals surface area contributed by atoms with Crippen molar-refractivity contribution in [1.82, 2.24) is 4.57 Å². The minimum absolute atomic E-state index is 0.0904. The standard InChI is InChI=1S/C110H80N4/c1-7-19-79(20-8-1)83-37-45-87(46-38-83)91-53-69-107-103(73-91)104-74-92(88-47-39-84(40-48-88)80-21-9-2-10-22-80)54-70-108(104)113(107)101-65-61-99(62-66-101)111(95-27-15-5-16-28-95)97-57-33-77(34-58-97)31-32-78-35-59-98(60-36-78)112(96-29-17-6-18-30-96)100-63-67-102(68-64-100)114-109-71-55-93(89-49-41-85(42-50-89)81-23-11-3-12-24-81)75-105(109)106-76-94(56-72-110(106)114)90-51-43-86(44-52-90)82-25-13-4-14-26-82/h1-63,65-67,69-76,103,107H,64,68H2/b32-31+. The van der Waals surface area contributed by atoms with Crippen molar-refractivity contribution in [3.63, 3.8) is 0 Å². The molecule has 1 aliphatic heterocycles. The minimum atomic E-state index is 0.0904. The molecule has 0 spiro atoms. The maximum absolute atomic E-state index is 2.55. The summed E-state index contributed by atoms with van der Waals surface area (Å²) in [6, 6.07) is 149. The first kappa shape index (κ1) is 68.7. The molecule has 4 nitrogen and oxygen atoms in total. The Morgan fingerprint density at radius 3 is 1.04 bits per heavy atom. The van der Waals surface area contributed by atoms with Crippen molar-refractivity contribution >= 4 is 85.0 Å². The number of aromatic nitrogens is 1. The van der Waals surface area contributed by atoms with Crippen molar-refractivity contribution in [3.8, 4) is 77.9 Å². The molecular weight excluding hydrogens is 1380 g/mol. The van der Waals surface area contributed by atoms with E-state index in [1.165, 1.54) is 133 Å². The molecule has 2 aliphatic carbocycles.